The van der Waals surface area contributed by atoms with E-state index in [1.54, 1.807) is 15.9 Å². The number of likely N-dealkylation sites (tertiary alicyclic amines) is 1. The molecule has 0 saturated carbocycles. The Kier molecular flexibility index (Phi) is 5.00. The van der Waals surface area contributed by atoms with Crippen molar-refractivity contribution in [1.82, 2.24) is 9.88 Å². The topological polar surface area (TPSA) is 85.8 Å². The Morgan fingerprint density at radius 2 is 1.70 bits per heavy atom. The lowest BCUT2D eigenvalue weighted by Crippen LogP contribution is -2.37. The number of aromatic nitrogens is 1. The molecule has 0 spiro atoms. The van der Waals surface area contributed by atoms with Crippen LogP contribution in [0.4, 0.5) is 29.5 Å². The Morgan fingerprint density at radius 3 is 2.33 bits per heavy atom. The summed E-state index contributed by atoms with van der Waals surface area (Å²) in [6.07, 6.45) is -3.04. The van der Waals surface area contributed by atoms with E-state index in [2.05, 4.69) is 10.3 Å². The molecule has 0 radical (unpaired) electrons. The largest absolute Gasteiger partial charge is 0.478 e. The van der Waals surface area contributed by atoms with Crippen molar-refractivity contribution in [3.63, 3.8) is 0 Å². The van der Waals surface area contributed by atoms with Crippen LogP contribution >= 0.6 is 0 Å². The Balaban J connectivity index is 1.42. The van der Waals surface area contributed by atoms with Crippen LogP contribution in [0.5, 0.6) is 0 Å². The number of carboxylic acids is 1. The van der Waals surface area contributed by atoms with Crippen molar-refractivity contribution in [1.29, 1.82) is 0 Å². The Bertz CT molecular complexity index is 968. The summed E-state index contributed by atoms with van der Waals surface area (Å²) in [6, 6.07) is 7.86. The van der Waals surface area contributed by atoms with Crippen molar-refractivity contribution in [2.75, 3.05) is 36.4 Å². The molecule has 2 atom stereocenters. The first-order valence-electron chi connectivity index (χ1n) is 9.39. The number of amides is 2. The highest BCUT2D eigenvalue weighted by molar-refractivity contribution is 5.98. The summed E-state index contributed by atoms with van der Waals surface area (Å²) in [4.78, 5) is 31.0. The molecule has 2 N–H and O–H groups in total. The number of alkyl halides is 3. The maximum atomic E-state index is 13.3. The number of hydrogen-bond donors (Lipinski definition) is 2. The van der Waals surface area contributed by atoms with Crippen LogP contribution in [0.1, 0.15) is 15.9 Å². The monoisotopic (exact) mass is 420 g/mol. The first kappa shape index (κ1) is 20.0. The van der Waals surface area contributed by atoms with Crippen molar-refractivity contribution in [3.05, 3.63) is 53.7 Å². The third kappa shape index (κ3) is 3.77. The fraction of sp³-hybridized carbons (Fsp3) is 0.350. The summed E-state index contributed by atoms with van der Waals surface area (Å²) in [5, 5.41) is 11.7. The van der Waals surface area contributed by atoms with Gasteiger partial charge in [-0.05, 0) is 24.3 Å². The smallest absolute Gasteiger partial charge is 0.418 e. The zero-order valence-electron chi connectivity index (χ0n) is 15.8. The number of hydrogen-bond acceptors (Lipinski definition) is 4. The van der Waals surface area contributed by atoms with Gasteiger partial charge >= 0.3 is 18.2 Å². The normalized spacial score (nSPS) is 20.9. The van der Waals surface area contributed by atoms with E-state index in [0.717, 1.165) is 6.07 Å². The average Bonchev–Trinajstić information content (AvgIpc) is 3.27. The number of rotatable bonds is 3. The third-order valence-corrected chi connectivity index (χ3v) is 5.59. The van der Waals surface area contributed by atoms with Gasteiger partial charge in [-0.3, -0.25) is 5.32 Å². The lowest BCUT2D eigenvalue weighted by Gasteiger charge is -2.26. The van der Waals surface area contributed by atoms with Crippen LogP contribution in [-0.4, -0.2) is 53.2 Å². The number of carbonyl (C=O) groups excluding carboxylic acids is 1. The lowest BCUT2D eigenvalue weighted by atomic mass is 10.0. The lowest BCUT2D eigenvalue weighted by molar-refractivity contribution is -0.137. The van der Waals surface area contributed by atoms with Crippen LogP contribution in [-0.2, 0) is 6.18 Å². The quantitative estimate of drug-likeness (QED) is 0.795. The van der Waals surface area contributed by atoms with E-state index in [1.165, 1.54) is 30.5 Å². The van der Waals surface area contributed by atoms with E-state index in [0.29, 0.717) is 26.2 Å². The molecule has 7 nitrogen and oxygen atoms in total. The van der Waals surface area contributed by atoms with Gasteiger partial charge in [0.2, 0.25) is 0 Å². The van der Waals surface area contributed by atoms with Gasteiger partial charge in [0.1, 0.15) is 11.4 Å². The number of benzene rings is 1. The number of carboxylic acid groups (broad SMARTS) is 1. The fourth-order valence-electron chi connectivity index (χ4n) is 4.20. The summed E-state index contributed by atoms with van der Waals surface area (Å²) in [5.74, 6) is -1.15. The minimum atomic E-state index is -4.43. The second-order valence-electron chi connectivity index (χ2n) is 7.48. The number of aromatic carboxylic acids is 1. The predicted molar refractivity (Wildman–Crippen MR) is 102 cm³/mol. The van der Waals surface area contributed by atoms with Crippen LogP contribution in [0.2, 0.25) is 0 Å². The number of carbonyl (C=O) groups is 2. The molecular formula is C20H19F3N4O3. The molecule has 0 aliphatic carbocycles. The van der Waals surface area contributed by atoms with Crippen molar-refractivity contribution < 1.29 is 27.9 Å². The number of nitrogens with zero attached hydrogens (tertiary/aromatic N) is 3. The van der Waals surface area contributed by atoms with Crippen LogP contribution < -0.4 is 10.2 Å². The maximum Gasteiger partial charge on any atom is 0.418 e. The van der Waals surface area contributed by atoms with E-state index in [4.69, 9.17) is 0 Å². The summed E-state index contributed by atoms with van der Waals surface area (Å²) in [6.45, 7) is 1.61. The molecule has 2 fully saturated rings. The van der Waals surface area contributed by atoms with Crippen molar-refractivity contribution in [2.24, 2.45) is 11.8 Å². The number of halogens is 3. The summed E-state index contributed by atoms with van der Waals surface area (Å²) in [7, 11) is 0. The zero-order chi connectivity index (χ0) is 21.5. The Labute approximate surface area is 170 Å². The molecule has 1 aromatic carbocycles. The van der Waals surface area contributed by atoms with Gasteiger partial charge in [0, 0.05) is 49.9 Å². The van der Waals surface area contributed by atoms with Crippen LogP contribution in [0.25, 0.3) is 0 Å². The second-order valence-corrected chi connectivity index (χ2v) is 7.48. The zero-order valence-corrected chi connectivity index (χ0v) is 15.8. The van der Waals surface area contributed by atoms with Gasteiger partial charge in [-0.25, -0.2) is 14.6 Å². The van der Waals surface area contributed by atoms with Gasteiger partial charge < -0.3 is 14.9 Å². The molecule has 2 saturated heterocycles. The SMILES string of the molecule is O=C(O)c1cccnc1NC(=O)N1C[C@@H]2CN(c3ccccc3C(F)(F)F)C[C@@H]2C1. The van der Waals surface area contributed by atoms with Gasteiger partial charge in [-0.2, -0.15) is 13.2 Å². The summed E-state index contributed by atoms with van der Waals surface area (Å²) in [5.41, 5.74) is -0.605. The second kappa shape index (κ2) is 7.51. The number of fused-ring (bicyclic) bond motifs is 1. The third-order valence-electron chi connectivity index (χ3n) is 5.59. The van der Waals surface area contributed by atoms with Crippen molar-refractivity contribution in [3.8, 4) is 0 Å². The van der Waals surface area contributed by atoms with E-state index >= 15 is 0 Å². The molecule has 30 heavy (non-hydrogen) atoms. The molecule has 1 aromatic heterocycles. The number of pyridine rings is 1. The molecule has 3 heterocycles. The summed E-state index contributed by atoms with van der Waals surface area (Å²) >= 11 is 0. The summed E-state index contributed by atoms with van der Waals surface area (Å²) < 4.78 is 40.0. The number of urea groups is 1. The van der Waals surface area contributed by atoms with Crippen molar-refractivity contribution in [2.45, 2.75) is 6.18 Å². The first-order valence-corrected chi connectivity index (χ1v) is 9.39. The van der Waals surface area contributed by atoms with Crippen molar-refractivity contribution >= 4 is 23.5 Å². The molecule has 2 aliphatic heterocycles. The highest BCUT2D eigenvalue weighted by Gasteiger charge is 2.44. The van der Waals surface area contributed by atoms with E-state index in [9.17, 15) is 27.9 Å². The Hall–Kier alpha value is -3.30. The molecule has 2 aromatic rings. The fourth-order valence-corrected chi connectivity index (χ4v) is 4.20. The number of anilines is 2. The van der Waals surface area contributed by atoms with Gasteiger partial charge in [-0.15, -0.1) is 0 Å². The molecule has 4 rings (SSSR count). The highest BCUT2D eigenvalue weighted by Crippen LogP contribution is 2.40. The molecular weight excluding hydrogens is 401 g/mol. The number of para-hydroxylation sites is 1. The molecule has 158 valence electrons. The minimum Gasteiger partial charge on any atom is -0.478 e. The standard InChI is InChI=1S/C20H19F3N4O3/c21-20(22,23)15-5-1-2-6-16(15)26-8-12-10-27(11-13(12)9-26)19(30)25-17-14(18(28)29)4-3-7-24-17/h1-7,12-13H,8-11H2,(H,28,29)(H,24,25,30)/t12-,13+. The van der Waals surface area contributed by atoms with E-state index < -0.39 is 23.7 Å². The first-order chi connectivity index (χ1) is 14.2. The molecule has 2 amide bonds. The highest BCUT2D eigenvalue weighted by atomic mass is 19.4. The van der Waals surface area contributed by atoms with Gasteiger partial charge in [-0.1, -0.05) is 12.1 Å². The van der Waals surface area contributed by atoms with Gasteiger partial charge in [0.15, 0.2) is 0 Å². The average molecular weight is 420 g/mol. The van der Waals surface area contributed by atoms with E-state index in [1.807, 2.05) is 0 Å². The predicted octanol–water partition coefficient (Wildman–Crippen LogP) is 3.40. The number of nitrogens with one attached hydrogen (secondary N) is 1. The van der Waals surface area contributed by atoms with E-state index in [-0.39, 0.29) is 28.9 Å². The molecule has 2 aliphatic rings. The molecule has 0 bridgehead atoms. The van der Waals surface area contributed by atoms with Gasteiger partial charge in [0.05, 0.1) is 5.56 Å². The van der Waals surface area contributed by atoms with Gasteiger partial charge in [0.25, 0.3) is 0 Å². The van der Waals surface area contributed by atoms with Crippen LogP contribution in [0, 0.1) is 11.8 Å². The minimum absolute atomic E-state index is 0.0345. The molecule has 0 unspecified atom stereocenters. The van der Waals surface area contributed by atoms with Crippen LogP contribution in [0.3, 0.4) is 0 Å². The Morgan fingerprint density at radius 1 is 1.03 bits per heavy atom. The van der Waals surface area contributed by atoms with Crippen LogP contribution in [0.15, 0.2) is 42.6 Å². The molecule has 10 heteroatoms. The maximum absolute atomic E-state index is 13.3.